The van der Waals surface area contributed by atoms with E-state index in [1.165, 1.54) is 18.2 Å². The molecule has 3 aliphatic rings. The van der Waals surface area contributed by atoms with Crippen LogP contribution in [-0.4, -0.2) is 56.8 Å². The molecule has 1 aliphatic carbocycles. The topological polar surface area (TPSA) is 75.5 Å². The van der Waals surface area contributed by atoms with Crippen molar-refractivity contribution in [3.05, 3.63) is 71.3 Å². The number of amides is 1. The zero-order chi connectivity index (χ0) is 28.4. The van der Waals surface area contributed by atoms with E-state index in [9.17, 15) is 13.2 Å². The fourth-order valence-electron chi connectivity index (χ4n) is 5.94. The van der Waals surface area contributed by atoms with Gasteiger partial charge in [0.1, 0.15) is 10.0 Å². The Balaban J connectivity index is 1.39. The van der Waals surface area contributed by atoms with Crippen LogP contribution in [0.2, 0.25) is 0 Å². The largest absolute Gasteiger partial charge is 0.290 e. The molecule has 0 spiro atoms. The molecule has 0 unspecified atom stereocenters. The summed E-state index contributed by atoms with van der Waals surface area (Å²) in [6, 6.07) is 16.9. The highest BCUT2D eigenvalue weighted by atomic mass is 32.2. The third-order valence-electron chi connectivity index (χ3n) is 8.12. The lowest BCUT2D eigenvalue weighted by atomic mass is 9.94. The van der Waals surface area contributed by atoms with Gasteiger partial charge in [0.2, 0.25) is 10.0 Å². The van der Waals surface area contributed by atoms with Crippen molar-refractivity contribution >= 4 is 50.3 Å². The highest BCUT2D eigenvalue weighted by Crippen LogP contribution is 2.39. The van der Waals surface area contributed by atoms with E-state index in [2.05, 4.69) is 0 Å². The summed E-state index contributed by atoms with van der Waals surface area (Å²) in [6.07, 6.45) is 13.0. The first kappa shape index (κ1) is 28.3. The summed E-state index contributed by atoms with van der Waals surface area (Å²) in [7, 11) is -3.63. The molecule has 2 aliphatic heterocycles. The number of aromatic nitrogens is 2. The Morgan fingerprint density at radius 1 is 0.902 bits per heavy atom. The van der Waals surface area contributed by atoms with Crippen LogP contribution in [0.3, 0.4) is 0 Å². The monoisotopic (exact) mass is 606 g/mol. The van der Waals surface area contributed by atoms with Crippen LogP contribution < -0.4 is 0 Å². The number of thiocarbonyl (C=S) groups is 1. The number of hydrogen-bond acceptors (Lipinski definition) is 6. The van der Waals surface area contributed by atoms with E-state index in [-0.39, 0.29) is 16.8 Å². The number of carbonyl (C=O) groups excluding carboxylic acids is 1. The van der Waals surface area contributed by atoms with Crippen LogP contribution in [-0.2, 0) is 14.8 Å². The smallest absolute Gasteiger partial charge is 0.266 e. The zero-order valence-corrected chi connectivity index (χ0v) is 25.4. The van der Waals surface area contributed by atoms with Crippen molar-refractivity contribution in [3.8, 4) is 16.9 Å². The Morgan fingerprint density at radius 3 is 2.34 bits per heavy atom. The van der Waals surface area contributed by atoms with Gasteiger partial charge in [0, 0.05) is 36.5 Å². The van der Waals surface area contributed by atoms with Crippen molar-refractivity contribution in [1.29, 1.82) is 0 Å². The first-order valence-electron chi connectivity index (χ1n) is 14.4. The van der Waals surface area contributed by atoms with Gasteiger partial charge in [-0.05, 0) is 56.0 Å². The summed E-state index contributed by atoms with van der Waals surface area (Å²) >= 11 is 7.00. The predicted molar refractivity (Wildman–Crippen MR) is 168 cm³/mol. The van der Waals surface area contributed by atoms with Gasteiger partial charge in [0.05, 0.1) is 15.5 Å². The Morgan fingerprint density at radius 2 is 1.61 bits per heavy atom. The minimum Gasteiger partial charge on any atom is -0.290 e. The minimum atomic E-state index is -3.63. The standard InChI is InChI=1S/C31H34N4O3S3/c36-30-28(40-31(39)35(30)26-15-7-4-8-16-26)21-24-22-34(25-13-5-3-6-14-25)32-29(24)23-12-11-17-27(20-23)41(37,38)33-18-9-1-2-10-19-33/h3,5-6,11-14,17,20-22,26H,1-2,4,7-10,15-16,18-19H2. The molecule has 1 aromatic heterocycles. The van der Waals surface area contributed by atoms with Gasteiger partial charge in [-0.3, -0.25) is 9.69 Å². The summed E-state index contributed by atoms with van der Waals surface area (Å²) in [5.74, 6) is -0.0530. The van der Waals surface area contributed by atoms with E-state index >= 15 is 0 Å². The number of carbonyl (C=O) groups is 1. The number of rotatable bonds is 6. The van der Waals surface area contributed by atoms with Crippen LogP contribution in [0, 0.1) is 0 Å². The van der Waals surface area contributed by atoms with Crippen LogP contribution in [0.1, 0.15) is 63.4 Å². The fourth-order valence-corrected chi connectivity index (χ4v) is 8.90. The zero-order valence-electron chi connectivity index (χ0n) is 22.9. The Kier molecular flexibility index (Phi) is 8.44. The number of benzene rings is 2. The lowest BCUT2D eigenvalue weighted by molar-refractivity contribution is -0.124. The van der Waals surface area contributed by atoms with E-state index in [1.54, 1.807) is 32.1 Å². The lowest BCUT2D eigenvalue weighted by Gasteiger charge is -2.29. The fraction of sp³-hybridized carbons (Fsp3) is 0.387. The summed E-state index contributed by atoms with van der Waals surface area (Å²) in [5, 5.41) is 4.89. The average Bonchev–Trinajstić information content (AvgIpc) is 3.39. The second kappa shape index (κ2) is 12.2. The molecule has 0 radical (unpaired) electrons. The second-order valence-electron chi connectivity index (χ2n) is 10.9. The first-order chi connectivity index (χ1) is 19.9. The Bertz CT molecular complexity index is 1570. The van der Waals surface area contributed by atoms with E-state index in [4.69, 9.17) is 17.3 Å². The molecule has 2 aromatic carbocycles. The molecular formula is C31H34N4O3S3. The van der Waals surface area contributed by atoms with Crippen LogP contribution >= 0.6 is 24.0 Å². The van der Waals surface area contributed by atoms with Crippen molar-refractivity contribution in [2.45, 2.75) is 68.7 Å². The van der Waals surface area contributed by atoms with Gasteiger partial charge in [-0.2, -0.15) is 9.40 Å². The van der Waals surface area contributed by atoms with E-state index in [0.717, 1.165) is 62.6 Å². The number of para-hydroxylation sites is 1. The van der Waals surface area contributed by atoms with Crippen molar-refractivity contribution in [1.82, 2.24) is 19.0 Å². The van der Waals surface area contributed by atoms with Crippen molar-refractivity contribution in [3.63, 3.8) is 0 Å². The summed E-state index contributed by atoms with van der Waals surface area (Å²) in [4.78, 5) is 16.2. The van der Waals surface area contributed by atoms with Gasteiger partial charge in [-0.25, -0.2) is 13.1 Å². The predicted octanol–water partition coefficient (Wildman–Crippen LogP) is 6.64. The van der Waals surface area contributed by atoms with Crippen LogP contribution in [0.4, 0.5) is 0 Å². The maximum atomic E-state index is 13.6. The molecule has 0 atom stereocenters. The number of sulfonamides is 1. The highest BCUT2D eigenvalue weighted by Gasteiger charge is 2.37. The van der Waals surface area contributed by atoms with Crippen molar-refractivity contribution in [2.24, 2.45) is 0 Å². The third-order valence-corrected chi connectivity index (χ3v) is 11.3. The molecule has 214 valence electrons. The molecule has 7 nitrogen and oxygen atoms in total. The number of nitrogens with zero attached hydrogens (tertiary/aromatic N) is 4. The highest BCUT2D eigenvalue weighted by molar-refractivity contribution is 8.26. The molecule has 0 bridgehead atoms. The van der Waals surface area contributed by atoms with Crippen molar-refractivity contribution in [2.75, 3.05) is 13.1 Å². The van der Waals surface area contributed by atoms with Crippen LogP contribution in [0.5, 0.6) is 0 Å². The second-order valence-corrected chi connectivity index (χ2v) is 14.5. The number of hydrogen-bond donors (Lipinski definition) is 0. The minimum absolute atomic E-state index is 0.0530. The molecule has 6 rings (SSSR count). The molecule has 10 heteroatoms. The van der Waals surface area contributed by atoms with Gasteiger partial charge >= 0.3 is 0 Å². The van der Waals surface area contributed by atoms with Gasteiger partial charge in [-0.15, -0.1) is 0 Å². The van der Waals surface area contributed by atoms with Gasteiger partial charge in [0.15, 0.2) is 0 Å². The van der Waals surface area contributed by atoms with Crippen LogP contribution in [0.25, 0.3) is 23.0 Å². The quantitative estimate of drug-likeness (QED) is 0.231. The lowest BCUT2D eigenvalue weighted by Crippen LogP contribution is -2.39. The summed E-state index contributed by atoms with van der Waals surface area (Å²) < 4.78 is 31.2. The van der Waals surface area contributed by atoms with E-state index in [1.807, 2.05) is 48.7 Å². The van der Waals surface area contributed by atoms with E-state index in [0.29, 0.717) is 33.6 Å². The first-order valence-corrected chi connectivity index (χ1v) is 17.1. The maximum Gasteiger partial charge on any atom is 0.266 e. The normalized spacial score (nSPS) is 20.6. The Hall–Kier alpha value is -2.79. The van der Waals surface area contributed by atoms with Gasteiger partial charge in [-0.1, -0.05) is 86.4 Å². The molecule has 3 aromatic rings. The molecule has 41 heavy (non-hydrogen) atoms. The molecule has 0 N–H and O–H groups in total. The van der Waals surface area contributed by atoms with Crippen molar-refractivity contribution < 1.29 is 13.2 Å². The average molecular weight is 607 g/mol. The SMILES string of the molecule is O=C1C(=Cc2cn(-c3ccccc3)nc2-c2cccc(S(=O)(=O)N3CCCCCC3)c2)SC(=S)N1C1CCCCC1. The summed E-state index contributed by atoms with van der Waals surface area (Å²) in [6.45, 7) is 1.09. The summed E-state index contributed by atoms with van der Waals surface area (Å²) in [5.41, 5.74) is 2.91. The molecule has 3 heterocycles. The molecule has 3 fully saturated rings. The molecule has 1 saturated carbocycles. The van der Waals surface area contributed by atoms with Gasteiger partial charge in [0.25, 0.3) is 5.91 Å². The number of thioether (sulfide) groups is 1. The maximum absolute atomic E-state index is 13.6. The third kappa shape index (κ3) is 5.93. The molecular weight excluding hydrogens is 573 g/mol. The molecule has 2 saturated heterocycles. The van der Waals surface area contributed by atoms with E-state index < -0.39 is 10.0 Å². The van der Waals surface area contributed by atoms with Gasteiger partial charge < -0.3 is 0 Å². The molecule has 1 amide bonds. The van der Waals surface area contributed by atoms with Crippen LogP contribution in [0.15, 0.2) is 70.6 Å². The Labute approximate surface area is 251 Å².